The summed E-state index contributed by atoms with van der Waals surface area (Å²) in [7, 11) is 2.15. The molecule has 1 N–H and O–H groups in total. The van der Waals surface area contributed by atoms with Gasteiger partial charge in [0.15, 0.2) is 0 Å². The number of hydrogen-bond acceptors (Lipinski definition) is 4. The molecule has 1 aromatic heterocycles. The number of hydrogen-bond donors (Lipinski definition) is 1. The van der Waals surface area contributed by atoms with E-state index in [0.717, 1.165) is 45.0 Å². The smallest absolute Gasteiger partial charge is 0.0622 e. The molecule has 19 heavy (non-hydrogen) atoms. The third kappa shape index (κ3) is 4.56. The SMILES string of the molecule is CCCNCc1ccc(CN(C)C2CCOC2)nc1. The van der Waals surface area contributed by atoms with Gasteiger partial charge in [0.05, 0.1) is 12.3 Å². The maximum Gasteiger partial charge on any atom is 0.0622 e. The van der Waals surface area contributed by atoms with E-state index in [2.05, 4.69) is 41.3 Å². The van der Waals surface area contributed by atoms with Gasteiger partial charge in [-0.15, -0.1) is 0 Å². The molecule has 1 unspecified atom stereocenters. The first-order valence-electron chi connectivity index (χ1n) is 7.22. The van der Waals surface area contributed by atoms with Gasteiger partial charge in [0.25, 0.3) is 0 Å². The van der Waals surface area contributed by atoms with Crippen molar-refractivity contribution in [1.29, 1.82) is 0 Å². The number of rotatable bonds is 7. The van der Waals surface area contributed by atoms with Crippen LogP contribution in [0.1, 0.15) is 31.0 Å². The molecule has 0 radical (unpaired) electrons. The van der Waals surface area contributed by atoms with Gasteiger partial charge in [0.1, 0.15) is 0 Å². The van der Waals surface area contributed by atoms with Crippen LogP contribution < -0.4 is 5.32 Å². The summed E-state index contributed by atoms with van der Waals surface area (Å²) in [6.07, 6.45) is 4.28. The molecule has 1 aromatic rings. The van der Waals surface area contributed by atoms with E-state index in [1.807, 2.05) is 6.20 Å². The van der Waals surface area contributed by atoms with Crippen LogP contribution in [0, 0.1) is 0 Å². The van der Waals surface area contributed by atoms with Gasteiger partial charge in [-0.2, -0.15) is 0 Å². The summed E-state index contributed by atoms with van der Waals surface area (Å²) in [6, 6.07) is 4.85. The summed E-state index contributed by atoms with van der Waals surface area (Å²) in [5.41, 5.74) is 2.39. The molecule has 0 aromatic carbocycles. The molecule has 1 atom stereocenters. The van der Waals surface area contributed by atoms with Crippen molar-refractivity contribution < 1.29 is 4.74 Å². The standard InChI is InChI=1S/C15H25N3O/c1-3-7-16-9-13-4-5-14(17-10-13)11-18(2)15-6-8-19-12-15/h4-5,10,15-16H,3,6-9,11-12H2,1-2H3. The van der Waals surface area contributed by atoms with Crippen molar-refractivity contribution in [2.75, 3.05) is 26.8 Å². The van der Waals surface area contributed by atoms with E-state index in [4.69, 9.17) is 4.74 Å². The van der Waals surface area contributed by atoms with E-state index in [0.29, 0.717) is 6.04 Å². The first-order chi connectivity index (χ1) is 9.29. The Hall–Kier alpha value is -0.970. The van der Waals surface area contributed by atoms with E-state index in [1.54, 1.807) is 0 Å². The van der Waals surface area contributed by atoms with Gasteiger partial charge < -0.3 is 10.1 Å². The fourth-order valence-electron chi connectivity index (χ4n) is 2.32. The lowest BCUT2D eigenvalue weighted by Crippen LogP contribution is -2.31. The van der Waals surface area contributed by atoms with E-state index in [9.17, 15) is 0 Å². The molecular weight excluding hydrogens is 238 g/mol. The highest BCUT2D eigenvalue weighted by Crippen LogP contribution is 2.13. The Bertz CT molecular complexity index is 360. The van der Waals surface area contributed by atoms with Crippen molar-refractivity contribution >= 4 is 0 Å². The summed E-state index contributed by atoms with van der Waals surface area (Å²) < 4.78 is 5.42. The predicted octanol–water partition coefficient (Wildman–Crippen LogP) is 1.80. The van der Waals surface area contributed by atoms with Crippen molar-refractivity contribution in [3.63, 3.8) is 0 Å². The second kappa shape index (κ2) is 7.58. The van der Waals surface area contributed by atoms with Crippen molar-refractivity contribution in [1.82, 2.24) is 15.2 Å². The zero-order valence-electron chi connectivity index (χ0n) is 12.1. The lowest BCUT2D eigenvalue weighted by molar-refractivity contribution is 0.155. The lowest BCUT2D eigenvalue weighted by Gasteiger charge is -2.22. The van der Waals surface area contributed by atoms with Crippen molar-refractivity contribution in [3.05, 3.63) is 29.6 Å². The van der Waals surface area contributed by atoms with Gasteiger partial charge in [-0.3, -0.25) is 9.88 Å². The van der Waals surface area contributed by atoms with Gasteiger partial charge in [0.2, 0.25) is 0 Å². The number of ether oxygens (including phenoxy) is 1. The maximum atomic E-state index is 5.42. The molecule has 2 heterocycles. The van der Waals surface area contributed by atoms with Gasteiger partial charge >= 0.3 is 0 Å². The highest BCUT2D eigenvalue weighted by Gasteiger charge is 2.20. The van der Waals surface area contributed by atoms with E-state index < -0.39 is 0 Å². The Balaban J connectivity index is 1.80. The van der Waals surface area contributed by atoms with Crippen LogP contribution in [0.3, 0.4) is 0 Å². The predicted molar refractivity (Wildman–Crippen MR) is 76.9 cm³/mol. The van der Waals surface area contributed by atoms with E-state index in [-0.39, 0.29) is 0 Å². The molecule has 0 amide bonds. The Morgan fingerprint density at radius 3 is 3.00 bits per heavy atom. The van der Waals surface area contributed by atoms with E-state index in [1.165, 1.54) is 12.0 Å². The average molecular weight is 263 g/mol. The molecule has 106 valence electrons. The van der Waals surface area contributed by atoms with Crippen LogP contribution in [0.5, 0.6) is 0 Å². The van der Waals surface area contributed by atoms with Gasteiger partial charge in [-0.05, 0) is 38.1 Å². The number of aromatic nitrogens is 1. The van der Waals surface area contributed by atoms with Crippen molar-refractivity contribution in [2.45, 2.75) is 38.9 Å². The lowest BCUT2D eigenvalue weighted by atomic mass is 10.2. The molecule has 1 fully saturated rings. The topological polar surface area (TPSA) is 37.4 Å². The molecule has 1 aliphatic heterocycles. The first-order valence-corrected chi connectivity index (χ1v) is 7.22. The summed E-state index contributed by atoms with van der Waals surface area (Å²) in [5.74, 6) is 0. The van der Waals surface area contributed by atoms with Crippen molar-refractivity contribution in [3.8, 4) is 0 Å². The zero-order chi connectivity index (χ0) is 13.5. The van der Waals surface area contributed by atoms with Crippen LogP contribution in [0.4, 0.5) is 0 Å². The highest BCUT2D eigenvalue weighted by molar-refractivity contribution is 5.14. The minimum atomic E-state index is 0.549. The fourth-order valence-corrected chi connectivity index (χ4v) is 2.32. The third-order valence-electron chi connectivity index (χ3n) is 3.58. The average Bonchev–Trinajstić information content (AvgIpc) is 2.95. The molecule has 1 saturated heterocycles. The van der Waals surface area contributed by atoms with Crippen LogP contribution in [0.25, 0.3) is 0 Å². The minimum Gasteiger partial charge on any atom is -0.380 e. The number of likely N-dealkylation sites (N-methyl/N-ethyl adjacent to an activating group) is 1. The Labute approximate surface area is 116 Å². The summed E-state index contributed by atoms with van der Waals surface area (Å²) in [6.45, 7) is 6.80. The van der Waals surface area contributed by atoms with Gasteiger partial charge in [0, 0.05) is 31.9 Å². The maximum absolute atomic E-state index is 5.42. The molecule has 1 aliphatic rings. The van der Waals surface area contributed by atoms with Crippen LogP contribution in [0.2, 0.25) is 0 Å². The Kier molecular flexibility index (Phi) is 5.76. The number of pyridine rings is 1. The second-order valence-corrected chi connectivity index (χ2v) is 5.27. The summed E-state index contributed by atoms with van der Waals surface area (Å²) >= 11 is 0. The van der Waals surface area contributed by atoms with Gasteiger partial charge in [-0.1, -0.05) is 13.0 Å². The molecule has 0 aliphatic carbocycles. The quantitative estimate of drug-likeness (QED) is 0.761. The summed E-state index contributed by atoms with van der Waals surface area (Å²) in [4.78, 5) is 6.88. The highest BCUT2D eigenvalue weighted by atomic mass is 16.5. The number of nitrogens with one attached hydrogen (secondary N) is 1. The van der Waals surface area contributed by atoms with E-state index >= 15 is 0 Å². The molecule has 0 saturated carbocycles. The zero-order valence-corrected chi connectivity index (χ0v) is 12.1. The first kappa shape index (κ1) is 14.4. The Morgan fingerprint density at radius 2 is 2.37 bits per heavy atom. The van der Waals surface area contributed by atoms with Crippen LogP contribution in [-0.2, 0) is 17.8 Å². The van der Waals surface area contributed by atoms with Gasteiger partial charge in [-0.25, -0.2) is 0 Å². The number of nitrogens with zero attached hydrogens (tertiary/aromatic N) is 2. The van der Waals surface area contributed by atoms with Crippen LogP contribution in [0.15, 0.2) is 18.3 Å². The van der Waals surface area contributed by atoms with Crippen molar-refractivity contribution in [2.24, 2.45) is 0 Å². The third-order valence-corrected chi connectivity index (χ3v) is 3.58. The molecule has 0 bridgehead atoms. The minimum absolute atomic E-state index is 0.549. The molecule has 2 rings (SSSR count). The summed E-state index contributed by atoms with van der Waals surface area (Å²) in [5, 5.41) is 3.39. The van der Waals surface area contributed by atoms with Crippen LogP contribution in [-0.4, -0.2) is 42.7 Å². The molecule has 4 heteroatoms. The fraction of sp³-hybridized carbons (Fsp3) is 0.667. The largest absolute Gasteiger partial charge is 0.380 e. The monoisotopic (exact) mass is 263 g/mol. The Morgan fingerprint density at radius 1 is 1.47 bits per heavy atom. The normalized spacial score (nSPS) is 19.2. The second-order valence-electron chi connectivity index (χ2n) is 5.27. The molecular formula is C15H25N3O. The molecule has 4 nitrogen and oxygen atoms in total. The molecule has 0 spiro atoms. The van der Waals surface area contributed by atoms with Crippen LogP contribution >= 0.6 is 0 Å².